The van der Waals surface area contributed by atoms with Crippen molar-refractivity contribution in [1.29, 1.82) is 0 Å². The van der Waals surface area contributed by atoms with Crippen molar-refractivity contribution in [3.8, 4) is 11.1 Å². The average Bonchev–Trinajstić information content (AvgIpc) is 2.99. The number of fused-ring (bicyclic) bond motifs is 1. The summed E-state index contributed by atoms with van der Waals surface area (Å²) in [6, 6.07) is 8.03. The summed E-state index contributed by atoms with van der Waals surface area (Å²) >= 11 is 5.91. The molecule has 6 heteroatoms. The minimum Gasteiger partial charge on any atom is -0.356 e. The van der Waals surface area contributed by atoms with Gasteiger partial charge in [-0.15, -0.1) is 5.10 Å². The fourth-order valence-corrected chi connectivity index (χ4v) is 3.04. The maximum Gasteiger partial charge on any atom is 0.152 e. The van der Waals surface area contributed by atoms with Crippen molar-refractivity contribution in [3.63, 3.8) is 0 Å². The lowest BCUT2D eigenvalue weighted by molar-refractivity contribution is -0.0366. The molecule has 0 saturated carbocycles. The lowest BCUT2D eigenvalue weighted by Gasteiger charge is -2.23. The second-order valence-corrected chi connectivity index (χ2v) is 5.84. The number of halogens is 1. The van der Waals surface area contributed by atoms with Crippen LogP contribution in [0.5, 0.6) is 0 Å². The molecule has 3 aromatic rings. The minimum absolute atomic E-state index is 0.0501. The fourth-order valence-electron chi connectivity index (χ4n) is 2.88. The number of rotatable bonds is 2. The predicted molar refractivity (Wildman–Crippen MR) is 84.6 cm³/mol. The summed E-state index contributed by atoms with van der Waals surface area (Å²) in [6.07, 6.45) is 6.98. The van der Waals surface area contributed by atoms with Crippen molar-refractivity contribution >= 4 is 22.5 Å². The Hall–Kier alpha value is -1.98. The predicted octanol–water partition coefficient (Wildman–Crippen LogP) is 3.85. The molecule has 0 N–H and O–H groups in total. The Morgan fingerprint density at radius 1 is 1.14 bits per heavy atom. The molecule has 2 aromatic heterocycles. The van der Waals surface area contributed by atoms with Gasteiger partial charge in [-0.3, -0.25) is 0 Å². The van der Waals surface area contributed by atoms with E-state index in [2.05, 4.69) is 33.5 Å². The zero-order chi connectivity index (χ0) is 14.9. The first-order valence-corrected chi connectivity index (χ1v) is 7.76. The van der Waals surface area contributed by atoms with E-state index in [1.807, 2.05) is 16.9 Å². The number of aromatic nitrogens is 4. The molecule has 0 spiro atoms. The number of benzene rings is 1. The summed E-state index contributed by atoms with van der Waals surface area (Å²) in [5.74, 6) is 0. The summed E-state index contributed by atoms with van der Waals surface area (Å²) in [6.45, 7) is 0.811. The van der Waals surface area contributed by atoms with E-state index < -0.39 is 0 Å². The van der Waals surface area contributed by atoms with Crippen molar-refractivity contribution in [3.05, 3.63) is 41.8 Å². The van der Waals surface area contributed by atoms with Crippen molar-refractivity contribution in [1.82, 2.24) is 20.0 Å². The molecule has 5 nitrogen and oxygen atoms in total. The maximum absolute atomic E-state index is 5.91. The zero-order valence-corrected chi connectivity index (χ0v) is 12.7. The largest absolute Gasteiger partial charge is 0.356 e. The third-order valence-electron chi connectivity index (χ3n) is 3.98. The second-order valence-electron chi connectivity index (χ2n) is 5.45. The van der Waals surface area contributed by atoms with Gasteiger partial charge in [0.15, 0.2) is 11.4 Å². The van der Waals surface area contributed by atoms with E-state index >= 15 is 0 Å². The van der Waals surface area contributed by atoms with Gasteiger partial charge < -0.3 is 4.74 Å². The Morgan fingerprint density at radius 2 is 2.09 bits per heavy atom. The molecule has 1 saturated heterocycles. The average molecular weight is 315 g/mol. The van der Waals surface area contributed by atoms with Crippen LogP contribution >= 0.6 is 11.6 Å². The van der Waals surface area contributed by atoms with Crippen molar-refractivity contribution < 1.29 is 4.74 Å². The van der Waals surface area contributed by atoms with E-state index in [-0.39, 0.29) is 6.23 Å². The first kappa shape index (κ1) is 13.7. The van der Waals surface area contributed by atoms with Gasteiger partial charge in [-0.1, -0.05) is 17.7 Å². The van der Waals surface area contributed by atoms with Crippen molar-refractivity contribution in [2.45, 2.75) is 25.5 Å². The van der Waals surface area contributed by atoms with Gasteiger partial charge in [0.05, 0.1) is 17.9 Å². The quantitative estimate of drug-likeness (QED) is 0.721. The molecule has 1 aromatic carbocycles. The second kappa shape index (κ2) is 5.66. The third kappa shape index (κ3) is 2.46. The van der Waals surface area contributed by atoms with E-state index in [4.69, 9.17) is 16.3 Å². The molecule has 0 aliphatic carbocycles. The molecule has 0 radical (unpaired) electrons. The molecule has 1 atom stereocenters. The van der Waals surface area contributed by atoms with E-state index in [0.29, 0.717) is 5.15 Å². The van der Waals surface area contributed by atoms with Gasteiger partial charge in [0.25, 0.3) is 0 Å². The Bertz CT molecular complexity index is 811. The van der Waals surface area contributed by atoms with Crippen LogP contribution in [0.25, 0.3) is 22.0 Å². The Balaban J connectivity index is 1.73. The first-order valence-electron chi connectivity index (χ1n) is 7.39. The third-order valence-corrected chi connectivity index (χ3v) is 4.17. The fraction of sp³-hybridized carbons (Fsp3) is 0.312. The number of ether oxygens (including phenoxy) is 1. The van der Waals surface area contributed by atoms with E-state index in [9.17, 15) is 0 Å². The first-order chi connectivity index (χ1) is 10.8. The monoisotopic (exact) mass is 314 g/mol. The lowest BCUT2D eigenvalue weighted by Crippen LogP contribution is -2.18. The van der Waals surface area contributed by atoms with Crippen LogP contribution in [-0.4, -0.2) is 26.6 Å². The van der Waals surface area contributed by atoms with Crippen LogP contribution in [0.4, 0.5) is 0 Å². The number of nitrogens with zero attached hydrogens (tertiary/aromatic N) is 4. The highest BCUT2D eigenvalue weighted by Gasteiger charge is 2.18. The van der Waals surface area contributed by atoms with Crippen LogP contribution < -0.4 is 0 Å². The highest BCUT2D eigenvalue weighted by molar-refractivity contribution is 6.29. The summed E-state index contributed by atoms with van der Waals surface area (Å²) < 4.78 is 7.81. The molecule has 3 heterocycles. The van der Waals surface area contributed by atoms with Crippen LogP contribution in [0.3, 0.4) is 0 Å². The molecule has 0 bridgehead atoms. The minimum atomic E-state index is 0.0501. The van der Waals surface area contributed by atoms with Crippen molar-refractivity contribution in [2.75, 3.05) is 6.61 Å². The zero-order valence-electron chi connectivity index (χ0n) is 11.9. The summed E-state index contributed by atoms with van der Waals surface area (Å²) in [7, 11) is 0. The SMILES string of the molecule is Clc1cc(-c2ccc3c(cnn3C3CCCCO3)c2)cnn1. The van der Waals surface area contributed by atoms with Crippen LogP contribution in [0.2, 0.25) is 5.15 Å². The van der Waals surface area contributed by atoms with Crippen LogP contribution in [0.1, 0.15) is 25.5 Å². The van der Waals surface area contributed by atoms with Crippen LogP contribution in [-0.2, 0) is 4.74 Å². The normalized spacial score (nSPS) is 18.7. The van der Waals surface area contributed by atoms with Crippen LogP contribution in [0.15, 0.2) is 36.7 Å². The highest BCUT2D eigenvalue weighted by atomic mass is 35.5. The van der Waals surface area contributed by atoms with Gasteiger partial charge in [-0.2, -0.15) is 10.2 Å². The van der Waals surface area contributed by atoms with Gasteiger partial charge in [-0.25, -0.2) is 4.68 Å². The Kier molecular flexibility index (Phi) is 3.52. The van der Waals surface area contributed by atoms with Gasteiger partial charge in [0, 0.05) is 17.6 Å². The topological polar surface area (TPSA) is 52.8 Å². The van der Waals surface area contributed by atoms with Gasteiger partial charge >= 0.3 is 0 Å². The van der Waals surface area contributed by atoms with Gasteiger partial charge in [0.1, 0.15) is 0 Å². The summed E-state index contributed by atoms with van der Waals surface area (Å²) in [5, 5.41) is 13.7. The molecule has 4 rings (SSSR count). The molecule has 0 amide bonds. The molecule has 1 aliphatic rings. The molecular formula is C16H15ClN4O. The van der Waals surface area contributed by atoms with Gasteiger partial charge in [-0.05, 0) is 43.0 Å². The molecule has 112 valence electrons. The standard InChI is InChI=1S/C16H15ClN4O/c17-15-8-12(9-18-20-15)11-4-5-14-13(7-11)10-19-21(14)16-3-1-2-6-22-16/h4-5,7-10,16H,1-3,6H2. The highest BCUT2D eigenvalue weighted by Crippen LogP contribution is 2.29. The molecule has 22 heavy (non-hydrogen) atoms. The molecule has 1 fully saturated rings. The Labute approximate surface area is 132 Å². The maximum atomic E-state index is 5.91. The summed E-state index contributed by atoms with van der Waals surface area (Å²) in [4.78, 5) is 0. The van der Waals surface area contributed by atoms with Crippen LogP contribution in [0, 0.1) is 0 Å². The Morgan fingerprint density at radius 3 is 2.91 bits per heavy atom. The van der Waals surface area contributed by atoms with E-state index in [1.54, 1.807) is 6.20 Å². The molecule has 1 unspecified atom stereocenters. The van der Waals surface area contributed by atoms with Crippen molar-refractivity contribution in [2.24, 2.45) is 0 Å². The van der Waals surface area contributed by atoms with E-state index in [1.165, 1.54) is 6.42 Å². The molecular weight excluding hydrogens is 300 g/mol. The van der Waals surface area contributed by atoms with Gasteiger partial charge in [0.2, 0.25) is 0 Å². The number of hydrogen-bond acceptors (Lipinski definition) is 4. The lowest BCUT2D eigenvalue weighted by atomic mass is 10.1. The van der Waals surface area contributed by atoms with E-state index in [0.717, 1.165) is 41.5 Å². The number of hydrogen-bond donors (Lipinski definition) is 0. The summed E-state index contributed by atoms with van der Waals surface area (Å²) in [5.41, 5.74) is 3.08. The smallest absolute Gasteiger partial charge is 0.152 e. The molecule has 1 aliphatic heterocycles.